The SMILES string of the molecule is CCCN(CC(=O)O)CC1Cc2cc(Br)ccc2O1. The molecule has 1 unspecified atom stereocenters. The Morgan fingerprint density at radius 3 is 3.05 bits per heavy atom. The van der Waals surface area contributed by atoms with Crippen molar-refractivity contribution in [2.45, 2.75) is 25.9 Å². The Balaban J connectivity index is 1.95. The van der Waals surface area contributed by atoms with Gasteiger partial charge in [0, 0.05) is 17.4 Å². The number of hydrogen-bond acceptors (Lipinski definition) is 3. The van der Waals surface area contributed by atoms with E-state index >= 15 is 0 Å². The summed E-state index contributed by atoms with van der Waals surface area (Å²) in [6, 6.07) is 5.99. The van der Waals surface area contributed by atoms with Crippen LogP contribution in [0.15, 0.2) is 22.7 Å². The van der Waals surface area contributed by atoms with Crippen LogP contribution < -0.4 is 4.74 Å². The first kappa shape index (κ1) is 14.3. The molecule has 0 spiro atoms. The van der Waals surface area contributed by atoms with Gasteiger partial charge in [0.05, 0.1) is 6.54 Å². The lowest BCUT2D eigenvalue weighted by Gasteiger charge is -2.22. The molecular formula is C14H18BrNO3. The molecular weight excluding hydrogens is 310 g/mol. The Bertz CT molecular complexity index is 464. The number of hydrogen-bond donors (Lipinski definition) is 1. The molecule has 4 nitrogen and oxygen atoms in total. The molecule has 1 atom stereocenters. The number of benzene rings is 1. The highest BCUT2D eigenvalue weighted by Gasteiger charge is 2.25. The quantitative estimate of drug-likeness (QED) is 0.872. The van der Waals surface area contributed by atoms with E-state index in [1.165, 1.54) is 5.56 Å². The maximum absolute atomic E-state index is 10.8. The average molecular weight is 328 g/mol. The summed E-state index contributed by atoms with van der Waals surface area (Å²) >= 11 is 3.45. The van der Waals surface area contributed by atoms with Crippen LogP contribution in [-0.4, -0.2) is 41.7 Å². The first-order valence-electron chi connectivity index (χ1n) is 6.47. The minimum absolute atomic E-state index is 0.0511. The van der Waals surface area contributed by atoms with Crippen LogP contribution in [0.3, 0.4) is 0 Å². The van der Waals surface area contributed by atoms with Crippen molar-refractivity contribution >= 4 is 21.9 Å². The molecule has 1 aliphatic rings. The van der Waals surface area contributed by atoms with Crippen molar-refractivity contribution in [1.82, 2.24) is 4.90 Å². The number of rotatable bonds is 6. The third-order valence-electron chi connectivity index (χ3n) is 3.12. The van der Waals surface area contributed by atoms with Crippen LogP contribution in [0.5, 0.6) is 5.75 Å². The standard InChI is InChI=1S/C14H18BrNO3/c1-2-5-16(9-14(17)18)8-12-7-10-6-11(15)3-4-13(10)19-12/h3-4,6,12H,2,5,7-9H2,1H3,(H,17,18). The van der Waals surface area contributed by atoms with Crippen molar-refractivity contribution in [2.75, 3.05) is 19.6 Å². The molecule has 0 aromatic heterocycles. The zero-order chi connectivity index (χ0) is 13.8. The Kier molecular flexibility index (Phi) is 4.82. The molecule has 0 aliphatic carbocycles. The fourth-order valence-electron chi connectivity index (χ4n) is 2.42. The van der Waals surface area contributed by atoms with Gasteiger partial charge in [-0.3, -0.25) is 9.69 Å². The fourth-order valence-corrected chi connectivity index (χ4v) is 2.83. The number of carboxylic acids is 1. The van der Waals surface area contributed by atoms with Gasteiger partial charge < -0.3 is 9.84 Å². The molecule has 1 aromatic rings. The molecule has 104 valence electrons. The summed E-state index contributed by atoms with van der Waals surface area (Å²) in [6.07, 6.45) is 1.84. The Labute approximate surface area is 121 Å². The van der Waals surface area contributed by atoms with Crippen LogP contribution in [0.25, 0.3) is 0 Å². The third-order valence-corrected chi connectivity index (χ3v) is 3.62. The number of ether oxygens (including phenoxy) is 1. The van der Waals surface area contributed by atoms with Crippen molar-refractivity contribution in [3.63, 3.8) is 0 Å². The summed E-state index contributed by atoms with van der Waals surface area (Å²) in [6.45, 7) is 3.57. The molecule has 1 aromatic carbocycles. The van der Waals surface area contributed by atoms with Crippen molar-refractivity contribution in [2.24, 2.45) is 0 Å². The van der Waals surface area contributed by atoms with Crippen LogP contribution >= 0.6 is 15.9 Å². The summed E-state index contributed by atoms with van der Waals surface area (Å²) in [5, 5.41) is 8.91. The molecule has 1 heterocycles. The molecule has 0 fully saturated rings. The van der Waals surface area contributed by atoms with E-state index in [9.17, 15) is 4.79 Å². The topological polar surface area (TPSA) is 49.8 Å². The van der Waals surface area contributed by atoms with E-state index in [4.69, 9.17) is 9.84 Å². The second kappa shape index (κ2) is 6.39. The monoisotopic (exact) mass is 327 g/mol. The average Bonchev–Trinajstić information content (AvgIpc) is 2.69. The minimum Gasteiger partial charge on any atom is -0.488 e. The summed E-state index contributed by atoms with van der Waals surface area (Å²) in [4.78, 5) is 12.8. The molecule has 5 heteroatoms. The highest BCUT2D eigenvalue weighted by Crippen LogP contribution is 2.31. The molecule has 1 N–H and O–H groups in total. The van der Waals surface area contributed by atoms with Gasteiger partial charge >= 0.3 is 5.97 Å². The lowest BCUT2D eigenvalue weighted by Crippen LogP contribution is -2.38. The number of carbonyl (C=O) groups is 1. The summed E-state index contributed by atoms with van der Waals surface area (Å²) in [5.41, 5.74) is 1.19. The zero-order valence-electron chi connectivity index (χ0n) is 10.9. The van der Waals surface area contributed by atoms with Gasteiger partial charge in [-0.05, 0) is 36.7 Å². The molecule has 0 saturated carbocycles. The van der Waals surface area contributed by atoms with Crippen molar-refractivity contribution in [3.05, 3.63) is 28.2 Å². The van der Waals surface area contributed by atoms with E-state index < -0.39 is 5.97 Å². The normalized spacial score (nSPS) is 17.3. The number of halogens is 1. The number of fused-ring (bicyclic) bond motifs is 1. The van der Waals surface area contributed by atoms with Gasteiger partial charge in [-0.15, -0.1) is 0 Å². The van der Waals surface area contributed by atoms with E-state index in [2.05, 4.69) is 28.9 Å². The number of nitrogens with zero attached hydrogens (tertiary/aromatic N) is 1. The van der Waals surface area contributed by atoms with Gasteiger partial charge in [-0.2, -0.15) is 0 Å². The van der Waals surface area contributed by atoms with E-state index in [-0.39, 0.29) is 12.6 Å². The van der Waals surface area contributed by atoms with Crippen LogP contribution in [0.4, 0.5) is 0 Å². The number of carboxylic acid groups (broad SMARTS) is 1. The predicted octanol–water partition coefficient (Wildman–Crippen LogP) is 2.55. The van der Waals surface area contributed by atoms with E-state index in [1.54, 1.807) is 0 Å². The smallest absolute Gasteiger partial charge is 0.317 e. The zero-order valence-corrected chi connectivity index (χ0v) is 12.5. The maximum Gasteiger partial charge on any atom is 0.317 e. The van der Waals surface area contributed by atoms with Gasteiger partial charge in [0.25, 0.3) is 0 Å². The van der Waals surface area contributed by atoms with Crippen LogP contribution in [-0.2, 0) is 11.2 Å². The first-order valence-corrected chi connectivity index (χ1v) is 7.27. The van der Waals surface area contributed by atoms with Crippen LogP contribution in [0.2, 0.25) is 0 Å². The van der Waals surface area contributed by atoms with Crippen molar-refractivity contribution in [3.8, 4) is 5.75 Å². The minimum atomic E-state index is -0.785. The Hall–Kier alpha value is -1.07. The van der Waals surface area contributed by atoms with Gasteiger partial charge in [0.2, 0.25) is 0 Å². The predicted molar refractivity (Wildman–Crippen MR) is 76.6 cm³/mol. The van der Waals surface area contributed by atoms with Gasteiger partial charge in [-0.1, -0.05) is 22.9 Å². The van der Waals surface area contributed by atoms with Gasteiger partial charge in [0.15, 0.2) is 0 Å². The summed E-state index contributed by atoms with van der Waals surface area (Å²) < 4.78 is 6.91. The molecule has 0 bridgehead atoms. The van der Waals surface area contributed by atoms with E-state index in [1.807, 2.05) is 17.0 Å². The Morgan fingerprint density at radius 1 is 1.58 bits per heavy atom. The molecule has 1 aliphatic heterocycles. The summed E-state index contributed by atoms with van der Waals surface area (Å²) in [7, 11) is 0. The largest absolute Gasteiger partial charge is 0.488 e. The fraction of sp³-hybridized carbons (Fsp3) is 0.500. The summed E-state index contributed by atoms with van der Waals surface area (Å²) in [5.74, 6) is 0.131. The molecule has 0 radical (unpaired) electrons. The number of aliphatic carboxylic acids is 1. The molecule has 19 heavy (non-hydrogen) atoms. The van der Waals surface area contributed by atoms with Gasteiger partial charge in [-0.25, -0.2) is 0 Å². The molecule has 0 saturated heterocycles. The highest BCUT2D eigenvalue weighted by atomic mass is 79.9. The van der Waals surface area contributed by atoms with Gasteiger partial charge in [0.1, 0.15) is 11.9 Å². The lowest BCUT2D eigenvalue weighted by atomic mass is 10.1. The third kappa shape index (κ3) is 3.94. The Morgan fingerprint density at radius 2 is 2.37 bits per heavy atom. The first-order chi connectivity index (χ1) is 9.08. The van der Waals surface area contributed by atoms with E-state index in [0.717, 1.165) is 29.6 Å². The lowest BCUT2D eigenvalue weighted by molar-refractivity contribution is -0.138. The van der Waals surface area contributed by atoms with Crippen LogP contribution in [0.1, 0.15) is 18.9 Å². The second-order valence-electron chi connectivity index (χ2n) is 4.82. The second-order valence-corrected chi connectivity index (χ2v) is 5.74. The van der Waals surface area contributed by atoms with Crippen LogP contribution in [0, 0.1) is 0 Å². The highest BCUT2D eigenvalue weighted by molar-refractivity contribution is 9.10. The van der Waals surface area contributed by atoms with Crippen molar-refractivity contribution < 1.29 is 14.6 Å². The molecule has 2 rings (SSSR count). The molecule has 0 amide bonds. The maximum atomic E-state index is 10.8. The van der Waals surface area contributed by atoms with Crippen molar-refractivity contribution in [1.29, 1.82) is 0 Å². The van der Waals surface area contributed by atoms with E-state index in [0.29, 0.717) is 6.54 Å².